The summed E-state index contributed by atoms with van der Waals surface area (Å²) in [5.74, 6) is 0.940. The number of hydrogen-bond acceptors (Lipinski definition) is 4. The fourth-order valence-electron chi connectivity index (χ4n) is 1.64. The summed E-state index contributed by atoms with van der Waals surface area (Å²) in [5, 5.41) is 4.83. The van der Waals surface area contributed by atoms with Gasteiger partial charge >= 0.3 is 0 Å². The van der Waals surface area contributed by atoms with E-state index in [2.05, 4.69) is 20.1 Å². The van der Waals surface area contributed by atoms with Crippen LogP contribution < -0.4 is 0 Å². The molecule has 0 aliphatic rings. The number of hydrogen-bond donors (Lipinski definition) is 0. The Hall–Kier alpha value is -1.98. The van der Waals surface area contributed by atoms with Gasteiger partial charge in [-0.3, -0.25) is 0 Å². The molecule has 0 saturated heterocycles. The Morgan fingerprint density at radius 1 is 1.00 bits per heavy atom. The van der Waals surface area contributed by atoms with Gasteiger partial charge in [0.15, 0.2) is 5.82 Å². The Morgan fingerprint density at radius 2 is 1.79 bits per heavy atom. The summed E-state index contributed by atoms with van der Waals surface area (Å²) in [6.45, 7) is 0. The molecule has 19 heavy (non-hydrogen) atoms. The normalized spacial score (nSPS) is 10.6. The van der Waals surface area contributed by atoms with Gasteiger partial charge in [-0.15, -0.1) is 5.10 Å². The number of nitrogens with zero attached hydrogens (tertiary/aromatic N) is 5. The molecule has 0 amide bonds. The van der Waals surface area contributed by atoms with Gasteiger partial charge in [-0.1, -0.05) is 23.7 Å². The third-order valence-corrected chi connectivity index (χ3v) is 2.80. The van der Waals surface area contributed by atoms with Crippen LogP contribution in [-0.4, -0.2) is 24.7 Å². The zero-order valence-corrected chi connectivity index (χ0v) is 11.0. The maximum atomic E-state index is 5.98. The molecule has 0 spiro atoms. The molecular weight excluding hydrogens is 285 g/mol. The van der Waals surface area contributed by atoms with E-state index in [0.717, 1.165) is 5.56 Å². The summed E-state index contributed by atoms with van der Waals surface area (Å²) in [6, 6.07) is 8.98. The van der Waals surface area contributed by atoms with Crippen LogP contribution in [-0.2, 0) is 0 Å². The second kappa shape index (κ2) is 4.95. The lowest BCUT2D eigenvalue weighted by atomic mass is 10.2. The van der Waals surface area contributed by atoms with E-state index in [1.165, 1.54) is 4.68 Å². The largest absolute Gasteiger partial charge is 0.252 e. The number of aromatic nitrogens is 5. The van der Waals surface area contributed by atoms with Gasteiger partial charge < -0.3 is 0 Å². The highest BCUT2D eigenvalue weighted by Gasteiger charge is 2.14. The van der Waals surface area contributed by atoms with Crippen molar-refractivity contribution in [3.8, 4) is 17.3 Å². The van der Waals surface area contributed by atoms with E-state index in [1.54, 1.807) is 30.6 Å². The van der Waals surface area contributed by atoms with E-state index in [1.807, 2.05) is 12.1 Å². The Morgan fingerprint density at radius 3 is 2.53 bits per heavy atom. The van der Waals surface area contributed by atoms with Crippen LogP contribution in [0.1, 0.15) is 0 Å². The average molecular weight is 292 g/mol. The monoisotopic (exact) mass is 291 g/mol. The first-order chi connectivity index (χ1) is 9.24. The fourth-order valence-corrected chi connectivity index (χ4v) is 1.99. The standard InChI is InChI=1S/C12H7Cl2N5/c13-9-4-1-3-8(7-9)10-17-11(14)18-19(10)12-15-5-2-6-16-12/h1-7H. The Kier molecular flexibility index (Phi) is 3.15. The van der Waals surface area contributed by atoms with Gasteiger partial charge in [0.05, 0.1) is 0 Å². The van der Waals surface area contributed by atoms with Gasteiger partial charge in [0.1, 0.15) is 0 Å². The summed E-state index contributed by atoms with van der Waals surface area (Å²) in [7, 11) is 0. The smallest absolute Gasteiger partial charge is 0.220 e. The molecular formula is C12H7Cl2N5. The first-order valence-electron chi connectivity index (χ1n) is 5.40. The van der Waals surface area contributed by atoms with Crippen molar-refractivity contribution in [1.82, 2.24) is 24.7 Å². The van der Waals surface area contributed by atoms with Gasteiger partial charge in [-0.2, -0.15) is 9.67 Å². The van der Waals surface area contributed by atoms with Crippen molar-refractivity contribution in [2.75, 3.05) is 0 Å². The summed E-state index contributed by atoms with van der Waals surface area (Å²) in [4.78, 5) is 12.4. The van der Waals surface area contributed by atoms with Crippen molar-refractivity contribution in [2.24, 2.45) is 0 Å². The Labute approximate surface area is 118 Å². The van der Waals surface area contributed by atoms with Crippen molar-refractivity contribution in [2.45, 2.75) is 0 Å². The SMILES string of the molecule is Clc1cccc(-c2nc(Cl)nn2-c2ncccn2)c1. The zero-order chi connectivity index (χ0) is 13.2. The molecule has 0 aliphatic heterocycles. The highest BCUT2D eigenvalue weighted by Crippen LogP contribution is 2.23. The topological polar surface area (TPSA) is 56.5 Å². The highest BCUT2D eigenvalue weighted by molar-refractivity contribution is 6.30. The molecule has 0 unspecified atom stereocenters. The van der Waals surface area contributed by atoms with Crippen LogP contribution in [0.15, 0.2) is 42.7 Å². The van der Waals surface area contributed by atoms with Crippen LogP contribution >= 0.6 is 23.2 Å². The van der Waals surface area contributed by atoms with Gasteiger partial charge in [0, 0.05) is 23.0 Å². The maximum absolute atomic E-state index is 5.98. The molecule has 0 bridgehead atoms. The van der Waals surface area contributed by atoms with E-state index in [9.17, 15) is 0 Å². The number of rotatable bonds is 2. The summed E-state index contributed by atoms with van der Waals surface area (Å²) < 4.78 is 1.48. The molecule has 2 aromatic heterocycles. The van der Waals surface area contributed by atoms with E-state index in [0.29, 0.717) is 16.8 Å². The van der Waals surface area contributed by atoms with Crippen LogP contribution in [0.5, 0.6) is 0 Å². The van der Waals surface area contributed by atoms with Crippen molar-refractivity contribution < 1.29 is 0 Å². The van der Waals surface area contributed by atoms with Crippen molar-refractivity contribution in [1.29, 1.82) is 0 Å². The molecule has 1 aromatic carbocycles. The van der Waals surface area contributed by atoms with E-state index in [4.69, 9.17) is 23.2 Å². The predicted octanol–water partition coefficient (Wildman–Crippen LogP) is 3.03. The first-order valence-corrected chi connectivity index (χ1v) is 6.15. The van der Waals surface area contributed by atoms with Crippen LogP contribution in [0.4, 0.5) is 0 Å². The molecule has 5 nitrogen and oxygen atoms in total. The van der Waals surface area contributed by atoms with Gasteiger partial charge in [0.25, 0.3) is 5.95 Å². The zero-order valence-electron chi connectivity index (χ0n) is 9.53. The first kappa shape index (κ1) is 12.1. The fraction of sp³-hybridized carbons (Fsp3) is 0. The molecule has 7 heteroatoms. The minimum absolute atomic E-state index is 0.127. The van der Waals surface area contributed by atoms with Crippen LogP contribution in [0.3, 0.4) is 0 Å². The number of halogens is 2. The Bertz CT molecular complexity index is 711. The number of benzene rings is 1. The minimum Gasteiger partial charge on any atom is -0.220 e. The second-order valence-corrected chi connectivity index (χ2v) is 4.45. The average Bonchev–Trinajstić information content (AvgIpc) is 2.82. The van der Waals surface area contributed by atoms with Gasteiger partial charge in [-0.05, 0) is 29.8 Å². The molecule has 2 heterocycles. The lowest BCUT2D eigenvalue weighted by Gasteiger charge is -2.03. The summed E-state index contributed by atoms with van der Waals surface area (Å²) in [6.07, 6.45) is 3.25. The predicted molar refractivity (Wildman–Crippen MR) is 72.4 cm³/mol. The molecule has 0 radical (unpaired) electrons. The highest BCUT2D eigenvalue weighted by atomic mass is 35.5. The van der Waals surface area contributed by atoms with E-state index < -0.39 is 0 Å². The lowest BCUT2D eigenvalue weighted by Crippen LogP contribution is -2.04. The van der Waals surface area contributed by atoms with Crippen molar-refractivity contribution in [3.63, 3.8) is 0 Å². The van der Waals surface area contributed by atoms with Gasteiger partial charge in [-0.25, -0.2) is 9.97 Å². The van der Waals surface area contributed by atoms with Crippen LogP contribution in [0.25, 0.3) is 17.3 Å². The molecule has 0 fully saturated rings. The van der Waals surface area contributed by atoms with E-state index >= 15 is 0 Å². The minimum atomic E-state index is 0.127. The molecule has 0 N–H and O–H groups in total. The molecule has 3 aromatic rings. The molecule has 0 aliphatic carbocycles. The van der Waals surface area contributed by atoms with E-state index in [-0.39, 0.29) is 5.28 Å². The third-order valence-electron chi connectivity index (χ3n) is 2.41. The van der Waals surface area contributed by atoms with Gasteiger partial charge in [0.2, 0.25) is 5.28 Å². The quantitative estimate of drug-likeness (QED) is 0.728. The molecule has 3 rings (SSSR count). The van der Waals surface area contributed by atoms with Crippen LogP contribution in [0, 0.1) is 0 Å². The lowest BCUT2D eigenvalue weighted by molar-refractivity contribution is 0.814. The maximum Gasteiger partial charge on any atom is 0.252 e. The van der Waals surface area contributed by atoms with Crippen molar-refractivity contribution in [3.05, 3.63) is 53.0 Å². The molecule has 0 atom stereocenters. The third kappa shape index (κ3) is 2.43. The van der Waals surface area contributed by atoms with Crippen LogP contribution in [0.2, 0.25) is 10.3 Å². The molecule has 0 saturated carbocycles. The second-order valence-electron chi connectivity index (χ2n) is 3.68. The Balaban J connectivity index is 2.18. The van der Waals surface area contributed by atoms with Crippen molar-refractivity contribution >= 4 is 23.2 Å². The summed E-state index contributed by atoms with van der Waals surface area (Å²) >= 11 is 11.9. The summed E-state index contributed by atoms with van der Waals surface area (Å²) in [5.41, 5.74) is 0.791. The molecule has 94 valence electrons.